The van der Waals surface area contributed by atoms with Crippen LogP contribution in [0.4, 0.5) is 0 Å². The summed E-state index contributed by atoms with van der Waals surface area (Å²) in [6.45, 7) is 8.59. The molecular weight excluding hydrogens is 365 g/mol. The van der Waals surface area contributed by atoms with Crippen LogP contribution in [0.5, 0.6) is 0 Å². The smallest absolute Gasteiger partial charge is 0.399 e. The first kappa shape index (κ1) is 20.1. The van der Waals surface area contributed by atoms with Crippen LogP contribution in [-0.2, 0) is 25.9 Å². The van der Waals surface area contributed by atoms with E-state index in [2.05, 4.69) is 5.10 Å². The van der Waals surface area contributed by atoms with Crippen LogP contribution in [0.25, 0.3) is 0 Å². The van der Waals surface area contributed by atoms with Gasteiger partial charge in [-0.2, -0.15) is 5.10 Å². The van der Waals surface area contributed by atoms with Gasteiger partial charge < -0.3 is 9.31 Å². The molecule has 0 unspecified atom stereocenters. The highest BCUT2D eigenvalue weighted by molar-refractivity contribution is 7.89. The summed E-state index contributed by atoms with van der Waals surface area (Å²) >= 11 is 0. The molecule has 0 radical (unpaired) electrons. The molecule has 0 saturated carbocycles. The lowest BCUT2D eigenvalue weighted by Gasteiger charge is -2.32. The molecule has 0 bridgehead atoms. The Labute approximate surface area is 161 Å². The van der Waals surface area contributed by atoms with Crippen molar-refractivity contribution in [2.75, 3.05) is 14.1 Å². The first-order valence-corrected chi connectivity index (χ1v) is 10.3. The molecule has 0 atom stereocenters. The monoisotopic (exact) mass is 391 g/mol. The van der Waals surface area contributed by atoms with Gasteiger partial charge in [0.05, 0.1) is 22.6 Å². The first-order chi connectivity index (χ1) is 12.4. The molecule has 1 aliphatic rings. The van der Waals surface area contributed by atoms with Gasteiger partial charge >= 0.3 is 7.12 Å². The van der Waals surface area contributed by atoms with Gasteiger partial charge in [0.2, 0.25) is 10.0 Å². The minimum atomic E-state index is -3.42. The molecule has 1 fully saturated rings. The summed E-state index contributed by atoms with van der Waals surface area (Å²) < 4.78 is 39.3. The van der Waals surface area contributed by atoms with Crippen LogP contribution in [0.1, 0.15) is 33.3 Å². The van der Waals surface area contributed by atoms with Crippen molar-refractivity contribution in [1.82, 2.24) is 14.1 Å². The second-order valence-corrected chi connectivity index (χ2v) is 10.1. The van der Waals surface area contributed by atoms with E-state index < -0.39 is 28.3 Å². The van der Waals surface area contributed by atoms with E-state index in [1.165, 1.54) is 18.4 Å². The fraction of sp³-hybridized carbons (Fsp3) is 0.500. The van der Waals surface area contributed by atoms with Gasteiger partial charge in [-0.3, -0.25) is 4.68 Å². The molecule has 1 aromatic carbocycles. The summed E-state index contributed by atoms with van der Waals surface area (Å²) in [6, 6.07) is 6.83. The van der Waals surface area contributed by atoms with E-state index in [1.54, 1.807) is 35.1 Å². The number of benzene rings is 1. The summed E-state index contributed by atoms with van der Waals surface area (Å²) in [5, 5.41) is 4.38. The molecule has 0 N–H and O–H groups in total. The maximum absolute atomic E-state index is 12.1. The lowest BCUT2D eigenvalue weighted by Crippen LogP contribution is -2.41. The van der Waals surface area contributed by atoms with Crippen molar-refractivity contribution >= 4 is 22.6 Å². The molecule has 0 spiro atoms. The predicted molar refractivity (Wildman–Crippen MR) is 104 cm³/mol. The average molecular weight is 391 g/mol. The molecule has 1 aromatic heterocycles. The van der Waals surface area contributed by atoms with Gasteiger partial charge in [0, 0.05) is 32.0 Å². The molecule has 146 valence electrons. The highest BCUT2D eigenvalue weighted by atomic mass is 32.2. The Morgan fingerprint density at radius 1 is 1.07 bits per heavy atom. The van der Waals surface area contributed by atoms with Crippen molar-refractivity contribution in [2.45, 2.75) is 50.3 Å². The standard InChI is InChI=1S/C18H26BN3O4S/c1-17(2)18(3,4)26-19(25-17)15-11-20-22(13-15)12-14-7-9-16(10-8-14)27(23,24)21(5)6/h7-11,13H,12H2,1-6H3. The third kappa shape index (κ3) is 3.82. The molecular formula is C18H26BN3O4S. The Kier molecular flexibility index (Phi) is 5.01. The number of nitrogens with zero attached hydrogens (tertiary/aromatic N) is 3. The van der Waals surface area contributed by atoms with Crippen LogP contribution in [0, 0.1) is 0 Å². The summed E-state index contributed by atoms with van der Waals surface area (Å²) in [5.41, 5.74) is 1.03. The minimum absolute atomic E-state index is 0.273. The molecule has 1 aliphatic heterocycles. The van der Waals surface area contributed by atoms with E-state index >= 15 is 0 Å². The van der Waals surface area contributed by atoms with E-state index in [0.29, 0.717) is 6.54 Å². The van der Waals surface area contributed by atoms with Gasteiger partial charge in [-0.1, -0.05) is 12.1 Å². The topological polar surface area (TPSA) is 73.7 Å². The summed E-state index contributed by atoms with van der Waals surface area (Å²) in [7, 11) is -0.829. The second-order valence-electron chi connectivity index (χ2n) is 7.99. The lowest BCUT2D eigenvalue weighted by atomic mass is 9.82. The van der Waals surface area contributed by atoms with E-state index in [-0.39, 0.29) is 4.90 Å². The van der Waals surface area contributed by atoms with Crippen LogP contribution in [0.3, 0.4) is 0 Å². The second kappa shape index (κ2) is 6.74. The van der Waals surface area contributed by atoms with E-state index in [1.807, 2.05) is 33.9 Å². The zero-order valence-corrected chi connectivity index (χ0v) is 17.4. The minimum Gasteiger partial charge on any atom is -0.399 e. The number of hydrogen-bond donors (Lipinski definition) is 0. The fourth-order valence-corrected chi connectivity index (χ4v) is 3.63. The lowest BCUT2D eigenvalue weighted by molar-refractivity contribution is 0.00578. The fourth-order valence-electron chi connectivity index (χ4n) is 2.73. The first-order valence-electron chi connectivity index (χ1n) is 8.82. The Hall–Kier alpha value is -1.68. The van der Waals surface area contributed by atoms with Crippen LogP contribution in [0.2, 0.25) is 0 Å². The molecule has 2 heterocycles. The third-order valence-corrected chi connectivity index (χ3v) is 7.05. The number of sulfonamides is 1. The van der Waals surface area contributed by atoms with Crippen LogP contribution in [-0.4, -0.2) is 54.9 Å². The van der Waals surface area contributed by atoms with Crippen LogP contribution >= 0.6 is 0 Å². The van der Waals surface area contributed by atoms with Crippen molar-refractivity contribution in [3.05, 3.63) is 42.2 Å². The molecule has 0 amide bonds. The van der Waals surface area contributed by atoms with Crippen molar-refractivity contribution in [2.24, 2.45) is 0 Å². The van der Waals surface area contributed by atoms with Crippen molar-refractivity contribution in [1.29, 1.82) is 0 Å². The van der Waals surface area contributed by atoms with Gasteiger partial charge in [0.1, 0.15) is 0 Å². The summed E-state index contributed by atoms with van der Waals surface area (Å²) in [4.78, 5) is 0.273. The Balaban J connectivity index is 1.72. The molecule has 3 rings (SSSR count). The molecule has 2 aromatic rings. The zero-order valence-electron chi connectivity index (χ0n) is 16.6. The summed E-state index contributed by atoms with van der Waals surface area (Å²) in [6.07, 6.45) is 3.64. The highest BCUT2D eigenvalue weighted by Gasteiger charge is 2.52. The van der Waals surface area contributed by atoms with Crippen molar-refractivity contribution in [3.8, 4) is 0 Å². The normalized spacial score (nSPS) is 19.0. The van der Waals surface area contributed by atoms with E-state index in [0.717, 1.165) is 11.0 Å². The largest absolute Gasteiger partial charge is 0.498 e. The number of aromatic nitrogens is 2. The van der Waals surface area contributed by atoms with Crippen molar-refractivity contribution < 1.29 is 17.7 Å². The number of rotatable bonds is 5. The third-order valence-electron chi connectivity index (χ3n) is 5.23. The predicted octanol–water partition coefficient (Wildman–Crippen LogP) is 1.48. The summed E-state index contributed by atoms with van der Waals surface area (Å²) in [5.74, 6) is 0. The van der Waals surface area contributed by atoms with Gasteiger partial charge in [0.15, 0.2) is 0 Å². The van der Waals surface area contributed by atoms with Gasteiger partial charge in [0.25, 0.3) is 0 Å². The van der Waals surface area contributed by atoms with Crippen LogP contribution in [0.15, 0.2) is 41.6 Å². The maximum Gasteiger partial charge on any atom is 0.498 e. The van der Waals surface area contributed by atoms with Gasteiger partial charge in [-0.25, -0.2) is 12.7 Å². The SMILES string of the molecule is CN(C)S(=O)(=O)c1ccc(Cn2cc(B3OC(C)(C)C(C)(C)O3)cn2)cc1. The van der Waals surface area contributed by atoms with E-state index in [4.69, 9.17) is 9.31 Å². The quantitative estimate of drug-likeness (QED) is 0.722. The highest BCUT2D eigenvalue weighted by Crippen LogP contribution is 2.36. The van der Waals surface area contributed by atoms with Crippen LogP contribution < -0.4 is 5.46 Å². The zero-order chi connectivity index (χ0) is 20.0. The van der Waals surface area contributed by atoms with Crippen molar-refractivity contribution in [3.63, 3.8) is 0 Å². The molecule has 1 saturated heterocycles. The molecule has 27 heavy (non-hydrogen) atoms. The van der Waals surface area contributed by atoms with Gasteiger partial charge in [-0.15, -0.1) is 0 Å². The Morgan fingerprint density at radius 2 is 1.63 bits per heavy atom. The molecule has 0 aliphatic carbocycles. The maximum atomic E-state index is 12.1. The molecule has 9 heteroatoms. The van der Waals surface area contributed by atoms with E-state index in [9.17, 15) is 8.42 Å². The van der Waals surface area contributed by atoms with Gasteiger partial charge in [-0.05, 0) is 45.4 Å². The Morgan fingerprint density at radius 3 is 2.15 bits per heavy atom. The Bertz CT molecular complexity index is 904. The number of hydrogen-bond acceptors (Lipinski definition) is 5. The average Bonchev–Trinajstić information content (AvgIpc) is 3.10. The molecule has 7 nitrogen and oxygen atoms in total.